The SMILES string of the molecule is C1CCN2CCNC[C@H]2C1.Cl. The Hall–Kier alpha value is 0.210. The summed E-state index contributed by atoms with van der Waals surface area (Å²) in [7, 11) is 0. The summed E-state index contributed by atoms with van der Waals surface area (Å²) < 4.78 is 0. The first-order valence-corrected chi connectivity index (χ1v) is 4.41. The molecule has 3 heteroatoms. The fourth-order valence-corrected chi connectivity index (χ4v) is 2.08. The second-order valence-corrected chi connectivity index (χ2v) is 3.39. The van der Waals surface area contributed by atoms with Gasteiger partial charge in [0.25, 0.3) is 0 Å². The van der Waals surface area contributed by atoms with Crippen LogP contribution in [0.25, 0.3) is 0 Å². The van der Waals surface area contributed by atoms with E-state index in [4.69, 9.17) is 0 Å². The molecule has 0 saturated carbocycles. The normalized spacial score (nSPS) is 32.2. The quantitative estimate of drug-likeness (QED) is 0.589. The van der Waals surface area contributed by atoms with Crippen molar-refractivity contribution in [2.24, 2.45) is 0 Å². The molecule has 2 fully saturated rings. The predicted octanol–water partition coefficient (Wildman–Crippen LogP) is 0.866. The van der Waals surface area contributed by atoms with Gasteiger partial charge in [0, 0.05) is 25.7 Å². The molecule has 0 unspecified atom stereocenters. The highest BCUT2D eigenvalue weighted by Crippen LogP contribution is 2.17. The Balaban J connectivity index is 0.000000605. The van der Waals surface area contributed by atoms with Crippen molar-refractivity contribution in [3.8, 4) is 0 Å². The van der Waals surface area contributed by atoms with E-state index < -0.39 is 0 Å². The van der Waals surface area contributed by atoms with Gasteiger partial charge in [0.15, 0.2) is 0 Å². The van der Waals surface area contributed by atoms with Crippen molar-refractivity contribution in [1.29, 1.82) is 0 Å². The summed E-state index contributed by atoms with van der Waals surface area (Å²) in [5.41, 5.74) is 0. The molecule has 11 heavy (non-hydrogen) atoms. The van der Waals surface area contributed by atoms with Gasteiger partial charge in [0.1, 0.15) is 0 Å². The van der Waals surface area contributed by atoms with Crippen molar-refractivity contribution in [2.45, 2.75) is 25.3 Å². The second-order valence-electron chi connectivity index (χ2n) is 3.39. The molecular weight excluding hydrogens is 160 g/mol. The molecule has 1 atom stereocenters. The maximum absolute atomic E-state index is 3.44. The number of hydrogen-bond acceptors (Lipinski definition) is 2. The van der Waals surface area contributed by atoms with E-state index in [1.54, 1.807) is 0 Å². The summed E-state index contributed by atoms with van der Waals surface area (Å²) in [6.07, 6.45) is 4.30. The molecule has 0 aromatic heterocycles. The number of nitrogens with one attached hydrogen (secondary N) is 1. The topological polar surface area (TPSA) is 15.3 Å². The Morgan fingerprint density at radius 1 is 1.18 bits per heavy atom. The molecule has 66 valence electrons. The zero-order chi connectivity index (χ0) is 6.81. The highest BCUT2D eigenvalue weighted by Gasteiger charge is 2.23. The summed E-state index contributed by atoms with van der Waals surface area (Å²) in [4.78, 5) is 2.64. The van der Waals surface area contributed by atoms with Crippen LogP contribution in [0, 0.1) is 0 Å². The highest BCUT2D eigenvalue weighted by molar-refractivity contribution is 5.85. The van der Waals surface area contributed by atoms with E-state index in [0.29, 0.717) is 0 Å². The minimum atomic E-state index is 0. The van der Waals surface area contributed by atoms with Gasteiger partial charge in [-0.15, -0.1) is 12.4 Å². The number of halogens is 1. The molecule has 1 N–H and O–H groups in total. The first-order chi connectivity index (χ1) is 4.97. The van der Waals surface area contributed by atoms with Crippen LogP contribution in [-0.4, -0.2) is 37.1 Å². The van der Waals surface area contributed by atoms with Crippen LogP contribution in [0.3, 0.4) is 0 Å². The van der Waals surface area contributed by atoms with Crippen molar-refractivity contribution in [1.82, 2.24) is 10.2 Å². The summed E-state index contributed by atoms with van der Waals surface area (Å²) in [6, 6.07) is 0.877. The first-order valence-electron chi connectivity index (χ1n) is 4.41. The molecule has 2 aliphatic rings. The summed E-state index contributed by atoms with van der Waals surface area (Å²) in [5, 5.41) is 3.44. The number of fused-ring (bicyclic) bond motifs is 1. The molecule has 0 amide bonds. The maximum atomic E-state index is 3.44. The van der Waals surface area contributed by atoms with Crippen molar-refractivity contribution in [2.75, 3.05) is 26.2 Å². The molecule has 0 bridgehead atoms. The van der Waals surface area contributed by atoms with Crippen molar-refractivity contribution < 1.29 is 0 Å². The van der Waals surface area contributed by atoms with E-state index in [9.17, 15) is 0 Å². The van der Waals surface area contributed by atoms with E-state index in [0.717, 1.165) is 6.04 Å². The Kier molecular flexibility index (Phi) is 3.63. The van der Waals surface area contributed by atoms with Crippen molar-refractivity contribution in [3.63, 3.8) is 0 Å². The molecule has 2 rings (SSSR count). The molecule has 0 aromatic carbocycles. The fraction of sp³-hybridized carbons (Fsp3) is 1.00. The van der Waals surface area contributed by atoms with Crippen molar-refractivity contribution >= 4 is 12.4 Å². The number of piperidine rings is 1. The van der Waals surface area contributed by atoms with E-state index in [1.807, 2.05) is 0 Å². The van der Waals surface area contributed by atoms with Gasteiger partial charge in [-0.2, -0.15) is 0 Å². The third-order valence-electron chi connectivity index (χ3n) is 2.70. The lowest BCUT2D eigenvalue weighted by Gasteiger charge is -2.39. The Morgan fingerprint density at radius 2 is 2.09 bits per heavy atom. The zero-order valence-electron chi connectivity index (χ0n) is 6.88. The van der Waals surface area contributed by atoms with Gasteiger partial charge >= 0.3 is 0 Å². The monoisotopic (exact) mass is 176 g/mol. The number of hydrogen-bond donors (Lipinski definition) is 1. The van der Waals surface area contributed by atoms with E-state index in [1.165, 1.54) is 45.4 Å². The van der Waals surface area contributed by atoms with E-state index in [2.05, 4.69) is 10.2 Å². The van der Waals surface area contributed by atoms with Gasteiger partial charge in [0.05, 0.1) is 0 Å². The molecule has 2 nitrogen and oxygen atoms in total. The lowest BCUT2D eigenvalue weighted by atomic mass is 10.0. The van der Waals surface area contributed by atoms with Gasteiger partial charge in [0.2, 0.25) is 0 Å². The van der Waals surface area contributed by atoms with E-state index in [-0.39, 0.29) is 12.4 Å². The largest absolute Gasteiger partial charge is 0.314 e. The summed E-state index contributed by atoms with van der Waals surface area (Å²) >= 11 is 0. The molecule has 0 spiro atoms. The van der Waals surface area contributed by atoms with Crippen LogP contribution >= 0.6 is 12.4 Å². The number of rotatable bonds is 0. The summed E-state index contributed by atoms with van der Waals surface area (Å²) in [6.45, 7) is 5.08. The molecule has 2 heterocycles. The predicted molar refractivity (Wildman–Crippen MR) is 49.3 cm³/mol. The molecule has 0 radical (unpaired) electrons. The lowest BCUT2D eigenvalue weighted by molar-refractivity contribution is 0.121. The van der Waals surface area contributed by atoms with Crippen LogP contribution < -0.4 is 5.32 Å². The average Bonchev–Trinajstić information content (AvgIpc) is 2.05. The minimum absolute atomic E-state index is 0. The smallest absolute Gasteiger partial charge is 0.0221 e. The second kappa shape index (κ2) is 4.29. The Morgan fingerprint density at radius 3 is 2.91 bits per heavy atom. The Bertz CT molecular complexity index is 92.7. The van der Waals surface area contributed by atoms with Gasteiger partial charge in [-0.1, -0.05) is 6.42 Å². The Labute approximate surface area is 74.7 Å². The molecular formula is C8H17ClN2. The third kappa shape index (κ3) is 2.08. The van der Waals surface area contributed by atoms with Gasteiger partial charge < -0.3 is 5.32 Å². The minimum Gasteiger partial charge on any atom is -0.314 e. The molecule has 0 aliphatic carbocycles. The van der Waals surface area contributed by atoms with Crippen molar-refractivity contribution in [3.05, 3.63) is 0 Å². The first kappa shape index (κ1) is 9.30. The average molecular weight is 177 g/mol. The molecule has 2 saturated heterocycles. The van der Waals surface area contributed by atoms with Gasteiger partial charge in [-0.25, -0.2) is 0 Å². The van der Waals surface area contributed by atoms with Crippen LogP contribution in [0.5, 0.6) is 0 Å². The number of piperazine rings is 1. The van der Waals surface area contributed by atoms with Crippen LogP contribution in [-0.2, 0) is 0 Å². The van der Waals surface area contributed by atoms with Crippen LogP contribution in [0.15, 0.2) is 0 Å². The summed E-state index contributed by atoms with van der Waals surface area (Å²) in [5.74, 6) is 0. The van der Waals surface area contributed by atoms with Gasteiger partial charge in [-0.05, 0) is 19.4 Å². The lowest BCUT2D eigenvalue weighted by Crippen LogP contribution is -2.53. The number of nitrogens with zero attached hydrogens (tertiary/aromatic N) is 1. The highest BCUT2D eigenvalue weighted by atomic mass is 35.5. The molecule has 0 aromatic rings. The standard InChI is InChI=1S/C8H16N2.ClH/c1-2-5-10-6-4-9-7-8(10)3-1;/h8-9H,1-7H2;1H/t8-;/m1./s1. The van der Waals surface area contributed by atoms with Gasteiger partial charge in [-0.3, -0.25) is 4.90 Å². The molecule has 2 aliphatic heterocycles. The van der Waals surface area contributed by atoms with Crippen LogP contribution in [0.1, 0.15) is 19.3 Å². The van der Waals surface area contributed by atoms with Crippen LogP contribution in [0.4, 0.5) is 0 Å². The van der Waals surface area contributed by atoms with Crippen LogP contribution in [0.2, 0.25) is 0 Å². The zero-order valence-corrected chi connectivity index (χ0v) is 7.70. The fourth-order valence-electron chi connectivity index (χ4n) is 2.08. The maximum Gasteiger partial charge on any atom is 0.0221 e. The third-order valence-corrected chi connectivity index (χ3v) is 2.70. The van der Waals surface area contributed by atoms with E-state index >= 15 is 0 Å².